The van der Waals surface area contributed by atoms with Crippen LogP contribution in [0.25, 0.3) is 0 Å². The van der Waals surface area contributed by atoms with Crippen LogP contribution in [0.4, 0.5) is 18.0 Å². The quantitative estimate of drug-likeness (QED) is 0.605. The first kappa shape index (κ1) is 21.4. The molecule has 0 saturated carbocycles. The van der Waals surface area contributed by atoms with Crippen LogP contribution >= 0.6 is 23.2 Å². The van der Waals surface area contributed by atoms with Gasteiger partial charge in [0, 0.05) is 16.1 Å². The molecule has 0 radical (unpaired) electrons. The normalized spacial score (nSPS) is 18.1. The molecule has 156 valence electrons. The van der Waals surface area contributed by atoms with Crippen molar-refractivity contribution in [2.45, 2.75) is 38.8 Å². The zero-order chi connectivity index (χ0) is 21.6. The molecule has 2 aromatic carbocycles. The van der Waals surface area contributed by atoms with Gasteiger partial charge in [-0.25, -0.2) is 10.1 Å². The first-order valence-electron chi connectivity index (χ1n) is 8.46. The Balaban J connectivity index is 1.88. The highest BCUT2D eigenvalue weighted by molar-refractivity contribution is 6.31. The van der Waals surface area contributed by atoms with Gasteiger partial charge >= 0.3 is 18.2 Å². The summed E-state index contributed by atoms with van der Waals surface area (Å²) >= 11 is 11.9. The number of carbonyl (C=O) groups excluding carboxylic acids is 1. The van der Waals surface area contributed by atoms with Gasteiger partial charge in [0.25, 0.3) is 0 Å². The van der Waals surface area contributed by atoms with Crippen LogP contribution in [0.1, 0.15) is 30.9 Å². The van der Waals surface area contributed by atoms with Gasteiger partial charge in [-0.1, -0.05) is 37.0 Å². The number of nitrogens with one attached hydrogen (secondary N) is 1. The summed E-state index contributed by atoms with van der Waals surface area (Å²) in [5.41, 5.74) is 1.15. The second-order valence-corrected chi connectivity index (χ2v) is 7.56. The fourth-order valence-electron chi connectivity index (χ4n) is 2.68. The van der Waals surface area contributed by atoms with Gasteiger partial charge in [-0.15, -0.1) is 0 Å². The van der Waals surface area contributed by atoms with Crippen molar-refractivity contribution in [3.8, 4) is 17.2 Å². The number of fused-ring (bicyclic) bond motifs is 1. The van der Waals surface area contributed by atoms with Gasteiger partial charge < -0.3 is 14.2 Å². The van der Waals surface area contributed by atoms with Crippen LogP contribution in [0.2, 0.25) is 10.0 Å². The second kappa shape index (κ2) is 7.50. The number of rotatable bonds is 3. The molecular weight excluding hydrogens is 434 g/mol. The molecule has 0 saturated heterocycles. The highest BCUT2D eigenvalue weighted by Crippen LogP contribution is 2.46. The molecule has 29 heavy (non-hydrogen) atoms. The Bertz CT molecular complexity index is 965. The zero-order valence-electron chi connectivity index (χ0n) is 15.5. The fraction of sp³-hybridized carbons (Fsp3) is 0.316. The number of benzene rings is 2. The molecule has 1 aliphatic heterocycles. The smallest absolute Gasteiger partial charge is 0.424 e. The van der Waals surface area contributed by atoms with Crippen LogP contribution in [0.3, 0.4) is 0 Å². The van der Waals surface area contributed by atoms with E-state index in [0.29, 0.717) is 16.1 Å². The van der Waals surface area contributed by atoms with E-state index in [1.807, 2.05) is 13.8 Å². The summed E-state index contributed by atoms with van der Waals surface area (Å²) in [6.45, 7) is 5.33. The van der Waals surface area contributed by atoms with Crippen LogP contribution in [-0.2, 0) is 0 Å². The number of halogens is 5. The maximum atomic E-state index is 13.7. The minimum Gasteiger partial charge on any atom is -0.424 e. The third-order valence-electron chi connectivity index (χ3n) is 4.17. The van der Waals surface area contributed by atoms with E-state index in [-0.39, 0.29) is 28.2 Å². The minimum absolute atomic E-state index is 0.0790. The summed E-state index contributed by atoms with van der Waals surface area (Å²) in [7, 11) is 0. The number of hydrogen-bond donors (Lipinski definition) is 1. The van der Waals surface area contributed by atoms with Crippen molar-refractivity contribution < 1.29 is 32.2 Å². The number of ether oxygens (including phenoxy) is 3. The molecule has 1 N–H and O–H groups in total. The Morgan fingerprint density at radius 3 is 2.41 bits per heavy atom. The number of carbonyl (C=O) groups is 1. The third-order valence-corrected chi connectivity index (χ3v) is 4.81. The summed E-state index contributed by atoms with van der Waals surface area (Å²) in [4.78, 5) is 12.4. The number of alkyl halides is 3. The summed E-state index contributed by atoms with van der Waals surface area (Å²) in [6, 6.07) is 6.76. The van der Waals surface area contributed by atoms with Gasteiger partial charge in [0.2, 0.25) is 0 Å². The Morgan fingerprint density at radius 1 is 1.14 bits per heavy atom. The molecule has 0 aromatic heterocycles. The second-order valence-electron chi connectivity index (χ2n) is 6.72. The minimum atomic E-state index is -5.12. The van der Waals surface area contributed by atoms with Crippen molar-refractivity contribution in [3.63, 3.8) is 0 Å². The van der Waals surface area contributed by atoms with Gasteiger partial charge in [-0.2, -0.15) is 13.2 Å². The van der Waals surface area contributed by atoms with Crippen LogP contribution in [-0.4, -0.2) is 18.2 Å². The molecule has 0 unspecified atom stereocenters. The lowest BCUT2D eigenvalue weighted by molar-refractivity contribution is -0.318. The van der Waals surface area contributed by atoms with Gasteiger partial charge in [0.15, 0.2) is 11.5 Å². The molecule has 5 nitrogen and oxygen atoms in total. The van der Waals surface area contributed by atoms with E-state index in [1.54, 1.807) is 18.3 Å². The molecule has 0 aliphatic carbocycles. The predicted molar refractivity (Wildman–Crippen MR) is 101 cm³/mol. The zero-order valence-corrected chi connectivity index (χ0v) is 17.0. The monoisotopic (exact) mass is 449 g/mol. The average Bonchev–Trinajstić information content (AvgIpc) is 2.95. The highest BCUT2D eigenvalue weighted by atomic mass is 35.5. The van der Waals surface area contributed by atoms with E-state index in [2.05, 4.69) is 0 Å². The van der Waals surface area contributed by atoms with Crippen molar-refractivity contribution in [2.24, 2.45) is 0 Å². The van der Waals surface area contributed by atoms with E-state index in [9.17, 15) is 18.0 Å². The van der Waals surface area contributed by atoms with Gasteiger partial charge in [0.1, 0.15) is 5.75 Å². The topological polar surface area (TPSA) is 56.8 Å². The first-order valence-corrected chi connectivity index (χ1v) is 9.22. The molecule has 1 heterocycles. The van der Waals surface area contributed by atoms with Crippen molar-refractivity contribution >= 4 is 29.3 Å². The maximum absolute atomic E-state index is 13.7. The molecule has 1 amide bonds. The Labute approximate surface area is 174 Å². The van der Waals surface area contributed by atoms with Gasteiger partial charge in [-0.3, -0.25) is 0 Å². The Hall–Kier alpha value is -2.32. The van der Waals surface area contributed by atoms with Crippen LogP contribution in [0.5, 0.6) is 17.2 Å². The maximum Gasteiger partial charge on any atom is 0.492 e. The third kappa shape index (κ3) is 4.18. The van der Waals surface area contributed by atoms with E-state index < -0.39 is 18.2 Å². The summed E-state index contributed by atoms with van der Waals surface area (Å²) in [6.07, 6.45) is -6.53. The molecule has 0 spiro atoms. The number of aryl methyl sites for hydroxylation is 1. The predicted octanol–water partition coefficient (Wildman–Crippen LogP) is 6.20. The largest absolute Gasteiger partial charge is 0.492 e. The van der Waals surface area contributed by atoms with E-state index >= 15 is 0 Å². The Kier molecular flexibility index (Phi) is 5.53. The molecular formula is C19H16Cl2F3NO4. The van der Waals surface area contributed by atoms with Crippen molar-refractivity contribution in [1.29, 1.82) is 0 Å². The van der Waals surface area contributed by atoms with Crippen LogP contribution < -0.4 is 19.5 Å². The first-order chi connectivity index (χ1) is 13.4. The van der Waals surface area contributed by atoms with Crippen molar-refractivity contribution in [1.82, 2.24) is 5.32 Å². The SMILES string of the molecule is Cc1cc(OC(=O)N[C@]2(C(F)(F)F)Oc3ccc(Cl)cc3O2)c(C(C)C)cc1Cl. The molecule has 0 bridgehead atoms. The number of hydrogen-bond acceptors (Lipinski definition) is 4. The average molecular weight is 450 g/mol. The Morgan fingerprint density at radius 2 is 1.79 bits per heavy atom. The molecule has 10 heteroatoms. The van der Waals surface area contributed by atoms with Gasteiger partial charge in [-0.05, 0) is 48.2 Å². The van der Waals surface area contributed by atoms with E-state index in [1.165, 1.54) is 18.2 Å². The standard InChI is InChI=1S/C19H16Cl2F3NO4/c1-9(2)12-8-13(21)10(3)6-15(12)27-17(26)25-19(18(22,23)24)28-14-5-4-11(20)7-16(14)29-19/h4-9H,1-3H3,(H,25,26)/t19-/m1/s1. The van der Waals surface area contributed by atoms with Gasteiger partial charge in [0.05, 0.1) is 0 Å². The summed E-state index contributed by atoms with van der Waals surface area (Å²) < 4.78 is 56.2. The molecule has 1 aliphatic rings. The highest BCUT2D eigenvalue weighted by Gasteiger charge is 2.66. The lowest BCUT2D eigenvalue weighted by Crippen LogP contribution is -2.65. The van der Waals surface area contributed by atoms with Crippen molar-refractivity contribution in [3.05, 3.63) is 51.5 Å². The summed E-state index contributed by atoms with van der Waals surface area (Å²) in [5, 5.41) is 2.23. The molecule has 0 fully saturated rings. The van der Waals surface area contributed by atoms with E-state index in [4.69, 9.17) is 37.4 Å². The fourth-order valence-corrected chi connectivity index (χ4v) is 3.02. The van der Waals surface area contributed by atoms with Crippen molar-refractivity contribution in [2.75, 3.05) is 0 Å². The number of amides is 1. The summed E-state index contributed by atoms with van der Waals surface area (Å²) in [5.74, 6) is -3.96. The van der Waals surface area contributed by atoms with E-state index in [0.717, 1.165) is 6.07 Å². The lowest BCUT2D eigenvalue weighted by atomic mass is 10.0. The molecule has 1 atom stereocenters. The molecule has 2 aromatic rings. The lowest BCUT2D eigenvalue weighted by Gasteiger charge is -2.29. The van der Waals surface area contributed by atoms with Crippen LogP contribution in [0.15, 0.2) is 30.3 Å². The van der Waals surface area contributed by atoms with Crippen LogP contribution in [0, 0.1) is 6.92 Å². The molecule has 3 rings (SSSR count).